The topological polar surface area (TPSA) is 15.3 Å². The van der Waals surface area contributed by atoms with Crippen LogP contribution in [0.1, 0.15) is 40.5 Å². The number of alkyl halides is 1. The van der Waals surface area contributed by atoms with Crippen molar-refractivity contribution in [2.75, 3.05) is 26.3 Å². The molecule has 0 aromatic rings. The van der Waals surface area contributed by atoms with Gasteiger partial charge in [0.1, 0.15) is 0 Å². The largest absolute Gasteiger partial charge is 0.311 e. The van der Waals surface area contributed by atoms with Crippen LogP contribution < -0.4 is 5.32 Å². The molecule has 1 saturated heterocycles. The second-order valence-corrected chi connectivity index (χ2v) is 6.08. The van der Waals surface area contributed by atoms with Crippen LogP contribution in [-0.4, -0.2) is 43.3 Å². The molecule has 0 amide bonds. The summed E-state index contributed by atoms with van der Waals surface area (Å²) in [6, 6.07) is 1.16. The third kappa shape index (κ3) is 4.92. The standard InChI is InChI=1S/C14H29FN2/c1-11(2)8-13-10-17(7-5-6-15)14(9-16-13)12(3)4/h11-14,16H,5-10H2,1-4H3. The second-order valence-electron chi connectivity index (χ2n) is 6.08. The van der Waals surface area contributed by atoms with Crippen LogP contribution in [0, 0.1) is 11.8 Å². The van der Waals surface area contributed by atoms with E-state index in [9.17, 15) is 4.39 Å². The first-order valence-corrected chi connectivity index (χ1v) is 7.08. The van der Waals surface area contributed by atoms with Crippen LogP contribution in [0.25, 0.3) is 0 Å². The average Bonchev–Trinajstić information content (AvgIpc) is 2.25. The maximum Gasteiger partial charge on any atom is 0.0906 e. The van der Waals surface area contributed by atoms with Crippen molar-refractivity contribution in [3.05, 3.63) is 0 Å². The van der Waals surface area contributed by atoms with Gasteiger partial charge in [-0.25, -0.2) is 0 Å². The molecule has 17 heavy (non-hydrogen) atoms. The molecule has 102 valence electrons. The van der Waals surface area contributed by atoms with E-state index in [1.165, 1.54) is 6.42 Å². The number of piperazine rings is 1. The monoisotopic (exact) mass is 244 g/mol. The molecule has 1 N–H and O–H groups in total. The van der Waals surface area contributed by atoms with Gasteiger partial charge in [0.15, 0.2) is 0 Å². The summed E-state index contributed by atoms with van der Waals surface area (Å²) in [4.78, 5) is 2.49. The first kappa shape index (κ1) is 14.9. The maximum absolute atomic E-state index is 12.3. The van der Waals surface area contributed by atoms with Crippen LogP contribution in [0.5, 0.6) is 0 Å². The zero-order valence-electron chi connectivity index (χ0n) is 11.9. The van der Waals surface area contributed by atoms with Crippen LogP contribution in [0.15, 0.2) is 0 Å². The van der Waals surface area contributed by atoms with E-state index in [0.717, 1.165) is 25.6 Å². The van der Waals surface area contributed by atoms with Crippen molar-refractivity contribution >= 4 is 0 Å². The molecule has 0 saturated carbocycles. The molecule has 1 aliphatic rings. The molecule has 3 heteroatoms. The van der Waals surface area contributed by atoms with Crippen LogP contribution in [0.2, 0.25) is 0 Å². The van der Waals surface area contributed by atoms with Gasteiger partial charge in [0, 0.05) is 31.7 Å². The van der Waals surface area contributed by atoms with Crippen LogP contribution >= 0.6 is 0 Å². The number of nitrogens with one attached hydrogen (secondary N) is 1. The van der Waals surface area contributed by atoms with Gasteiger partial charge in [-0.2, -0.15) is 0 Å². The average molecular weight is 244 g/mol. The lowest BCUT2D eigenvalue weighted by Crippen LogP contribution is -2.58. The van der Waals surface area contributed by atoms with Gasteiger partial charge < -0.3 is 5.32 Å². The van der Waals surface area contributed by atoms with E-state index < -0.39 is 0 Å². The number of hydrogen-bond acceptors (Lipinski definition) is 2. The molecule has 2 unspecified atom stereocenters. The highest BCUT2D eigenvalue weighted by atomic mass is 19.1. The highest BCUT2D eigenvalue weighted by Gasteiger charge is 2.29. The summed E-state index contributed by atoms with van der Waals surface area (Å²) >= 11 is 0. The zero-order valence-corrected chi connectivity index (χ0v) is 11.9. The van der Waals surface area contributed by atoms with E-state index in [2.05, 4.69) is 37.9 Å². The highest BCUT2D eigenvalue weighted by molar-refractivity contribution is 4.88. The molecule has 1 rings (SSSR count). The lowest BCUT2D eigenvalue weighted by molar-refractivity contribution is 0.0889. The van der Waals surface area contributed by atoms with Crippen molar-refractivity contribution in [3.8, 4) is 0 Å². The van der Waals surface area contributed by atoms with Gasteiger partial charge in [-0.3, -0.25) is 9.29 Å². The van der Waals surface area contributed by atoms with E-state index >= 15 is 0 Å². The first-order valence-electron chi connectivity index (χ1n) is 7.08. The van der Waals surface area contributed by atoms with E-state index in [1.807, 2.05) is 0 Å². The van der Waals surface area contributed by atoms with E-state index in [1.54, 1.807) is 0 Å². The summed E-state index contributed by atoms with van der Waals surface area (Å²) < 4.78 is 12.3. The van der Waals surface area contributed by atoms with Gasteiger partial charge in [-0.15, -0.1) is 0 Å². The third-order valence-corrected chi connectivity index (χ3v) is 3.64. The van der Waals surface area contributed by atoms with Gasteiger partial charge in [-0.1, -0.05) is 27.7 Å². The quantitative estimate of drug-likeness (QED) is 0.773. The van der Waals surface area contributed by atoms with Crippen molar-refractivity contribution in [2.24, 2.45) is 11.8 Å². The summed E-state index contributed by atoms with van der Waals surface area (Å²) in [5.74, 6) is 1.37. The Bertz CT molecular complexity index is 206. The van der Waals surface area contributed by atoms with Crippen LogP contribution in [0.3, 0.4) is 0 Å². The minimum absolute atomic E-state index is 0.191. The highest BCUT2D eigenvalue weighted by Crippen LogP contribution is 2.18. The summed E-state index contributed by atoms with van der Waals surface area (Å²) in [7, 11) is 0. The normalized spacial score (nSPS) is 27.0. The van der Waals surface area contributed by atoms with E-state index in [0.29, 0.717) is 24.4 Å². The molecule has 2 atom stereocenters. The molecular formula is C14H29FN2. The summed E-state index contributed by atoms with van der Waals surface area (Å²) in [6.07, 6.45) is 1.90. The lowest BCUT2D eigenvalue weighted by Gasteiger charge is -2.43. The fourth-order valence-corrected chi connectivity index (χ4v) is 2.80. The Kier molecular flexibility index (Phi) is 6.42. The second kappa shape index (κ2) is 7.32. The van der Waals surface area contributed by atoms with Gasteiger partial charge in [0.2, 0.25) is 0 Å². The Labute approximate surface area is 106 Å². The van der Waals surface area contributed by atoms with Gasteiger partial charge in [0.05, 0.1) is 6.67 Å². The number of hydrogen-bond donors (Lipinski definition) is 1. The maximum atomic E-state index is 12.3. The first-order chi connectivity index (χ1) is 8.04. The molecule has 0 aromatic carbocycles. The molecular weight excluding hydrogens is 215 g/mol. The summed E-state index contributed by atoms with van der Waals surface area (Å²) in [6.45, 7) is 11.9. The fraction of sp³-hybridized carbons (Fsp3) is 1.00. The fourth-order valence-electron chi connectivity index (χ4n) is 2.80. The van der Waals surface area contributed by atoms with Crippen LogP contribution in [-0.2, 0) is 0 Å². The Morgan fingerprint density at radius 3 is 2.53 bits per heavy atom. The molecule has 0 radical (unpaired) electrons. The minimum Gasteiger partial charge on any atom is -0.311 e. The van der Waals surface area contributed by atoms with Crippen molar-refractivity contribution < 1.29 is 4.39 Å². The Morgan fingerprint density at radius 2 is 2.00 bits per heavy atom. The van der Waals surface area contributed by atoms with Gasteiger partial charge >= 0.3 is 0 Å². The predicted octanol–water partition coefficient (Wildman–Crippen LogP) is 2.69. The van der Waals surface area contributed by atoms with E-state index in [-0.39, 0.29) is 6.67 Å². The van der Waals surface area contributed by atoms with Gasteiger partial charge in [-0.05, 0) is 24.7 Å². The molecule has 1 fully saturated rings. The Hall–Kier alpha value is -0.150. The molecule has 1 heterocycles. The lowest BCUT2D eigenvalue weighted by atomic mass is 9.95. The predicted molar refractivity (Wildman–Crippen MR) is 72.0 cm³/mol. The van der Waals surface area contributed by atoms with Crippen LogP contribution in [0.4, 0.5) is 4.39 Å². The molecule has 0 spiro atoms. The molecule has 1 aliphatic heterocycles. The van der Waals surface area contributed by atoms with Gasteiger partial charge in [0.25, 0.3) is 0 Å². The Balaban J connectivity index is 2.50. The summed E-state index contributed by atoms with van der Waals surface area (Å²) in [5, 5.41) is 3.65. The van der Waals surface area contributed by atoms with Crippen molar-refractivity contribution in [1.29, 1.82) is 0 Å². The molecule has 0 bridgehead atoms. The number of rotatable bonds is 6. The summed E-state index contributed by atoms with van der Waals surface area (Å²) in [5.41, 5.74) is 0. The Morgan fingerprint density at radius 1 is 1.29 bits per heavy atom. The SMILES string of the molecule is CC(C)CC1CN(CCCF)C(C(C)C)CN1. The van der Waals surface area contributed by atoms with Crippen molar-refractivity contribution in [2.45, 2.75) is 52.6 Å². The van der Waals surface area contributed by atoms with E-state index in [4.69, 9.17) is 0 Å². The number of nitrogens with zero attached hydrogens (tertiary/aromatic N) is 1. The number of halogens is 1. The molecule has 2 nitrogen and oxygen atoms in total. The molecule has 0 aromatic heterocycles. The van der Waals surface area contributed by atoms with Crippen molar-refractivity contribution in [1.82, 2.24) is 10.2 Å². The van der Waals surface area contributed by atoms with Crippen molar-refractivity contribution in [3.63, 3.8) is 0 Å². The zero-order chi connectivity index (χ0) is 12.8. The third-order valence-electron chi connectivity index (χ3n) is 3.64. The smallest absolute Gasteiger partial charge is 0.0906 e. The molecule has 0 aliphatic carbocycles. The minimum atomic E-state index is -0.191.